The molecule has 0 radical (unpaired) electrons. The molecule has 1 fully saturated rings. The summed E-state index contributed by atoms with van der Waals surface area (Å²) in [4.78, 5) is 21.4. The molecule has 1 amide bonds. The van der Waals surface area contributed by atoms with E-state index in [0.717, 1.165) is 74.0 Å². The van der Waals surface area contributed by atoms with Gasteiger partial charge < -0.3 is 38.9 Å². The Morgan fingerprint density at radius 2 is 1.61 bits per heavy atom. The van der Waals surface area contributed by atoms with Crippen molar-refractivity contribution < 1.29 is 38.8 Å². The molecule has 10 heteroatoms. The zero-order valence-corrected chi connectivity index (χ0v) is 34.8. The molecule has 10 nitrogen and oxygen atoms in total. The van der Waals surface area contributed by atoms with Gasteiger partial charge in [0.1, 0.15) is 30.8 Å². The van der Waals surface area contributed by atoms with Gasteiger partial charge in [-0.25, -0.2) is 4.79 Å². The normalized spacial score (nSPS) is 24.3. The van der Waals surface area contributed by atoms with Gasteiger partial charge in [-0.15, -0.1) is 6.58 Å². The zero-order valence-electron chi connectivity index (χ0n) is 34.8. The Morgan fingerprint density at radius 1 is 0.929 bits per heavy atom. The first-order valence-electron chi connectivity index (χ1n) is 21.7. The van der Waals surface area contributed by atoms with Crippen LogP contribution in [0.3, 0.4) is 0 Å². The molecule has 2 aliphatic carbocycles. The number of ether oxygens (including phenoxy) is 4. The van der Waals surface area contributed by atoms with E-state index >= 15 is 0 Å². The van der Waals surface area contributed by atoms with Crippen molar-refractivity contribution in [2.75, 3.05) is 46.7 Å². The third-order valence-corrected chi connectivity index (χ3v) is 11.8. The van der Waals surface area contributed by atoms with Crippen molar-refractivity contribution in [3.63, 3.8) is 0 Å². The summed E-state index contributed by atoms with van der Waals surface area (Å²) in [7, 11) is 1.77. The number of nitrogens with zero attached hydrogens (tertiary/aromatic N) is 2. The third-order valence-electron chi connectivity index (χ3n) is 11.8. The fourth-order valence-corrected chi connectivity index (χ4v) is 9.09. The van der Waals surface area contributed by atoms with Crippen molar-refractivity contribution in [1.82, 2.24) is 4.90 Å². The number of likely N-dealkylation sites (N-methyl/N-ethyl adjacent to an activating group) is 1. The molecule has 6 unspecified atom stereocenters. The lowest BCUT2D eigenvalue weighted by molar-refractivity contribution is -0.253. The molecule has 0 spiro atoms. The second-order valence-electron chi connectivity index (χ2n) is 15.7. The molecule has 0 saturated heterocycles. The maximum absolute atomic E-state index is 14.0. The number of aliphatic hydroxyl groups is 2. The summed E-state index contributed by atoms with van der Waals surface area (Å²) in [6.07, 6.45) is 22.6. The SMILES string of the molecule is C=CCOc1ccc2c(c1)C1C(CCCCO)C(CCCCO)C=C3C(=NOCC)CC(N(C)C(=O)OCCCCCCCCCCCC)C(OCC=C)(O2)C31. The van der Waals surface area contributed by atoms with E-state index in [0.29, 0.717) is 38.4 Å². The predicted octanol–water partition coefficient (Wildman–Crippen LogP) is 9.89. The van der Waals surface area contributed by atoms with Gasteiger partial charge in [0.25, 0.3) is 0 Å². The first-order valence-corrected chi connectivity index (χ1v) is 21.7. The third kappa shape index (κ3) is 11.9. The summed E-state index contributed by atoms with van der Waals surface area (Å²) in [6.45, 7) is 13.6. The minimum Gasteiger partial charge on any atom is -0.490 e. The molecule has 4 rings (SSSR count). The highest BCUT2D eigenvalue weighted by molar-refractivity contribution is 6.02. The standard InChI is InChI=1S/C46H72N2O8/c1-6-10-11-12-13-14-15-16-17-22-31-53-45(51)48(5)42-34-40(47-55-9-4)38-32-35(23-18-20-27-49)37(24-19-21-28-50)43-39-33-36(52-29-7-2)25-26-41(39)56-46(42,44(38)43)54-30-8-3/h7-8,25-26,32-33,35,37,42-44,49-50H,2-3,6,9-24,27-31,34H2,1,4-5H3. The van der Waals surface area contributed by atoms with Crippen molar-refractivity contribution in [3.8, 4) is 11.5 Å². The molecule has 1 aliphatic heterocycles. The second-order valence-corrected chi connectivity index (χ2v) is 15.7. The molecule has 6 atom stereocenters. The molecule has 2 N–H and O–H groups in total. The lowest BCUT2D eigenvalue weighted by atomic mass is 9.55. The van der Waals surface area contributed by atoms with Crippen LogP contribution in [-0.2, 0) is 14.3 Å². The molecule has 0 aromatic heterocycles. The summed E-state index contributed by atoms with van der Waals surface area (Å²) in [6, 6.07) is 5.34. The van der Waals surface area contributed by atoms with Crippen LogP contribution >= 0.6 is 0 Å². The second kappa shape index (κ2) is 24.4. The van der Waals surface area contributed by atoms with Crippen LogP contribution in [0.5, 0.6) is 11.5 Å². The number of hydrogen-bond donors (Lipinski definition) is 2. The molecule has 1 heterocycles. The number of carbonyl (C=O) groups excluding carboxylic acids is 1. The monoisotopic (exact) mass is 781 g/mol. The van der Waals surface area contributed by atoms with E-state index in [1.165, 1.54) is 44.9 Å². The van der Waals surface area contributed by atoms with Gasteiger partial charge in [0.2, 0.25) is 5.79 Å². The summed E-state index contributed by atoms with van der Waals surface area (Å²) in [5.41, 5.74) is 2.79. The number of amides is 1. The van der Waals surface area contributed by atoms with Gasteiger partial charge in [0, 0.05) is 38.2 Å². The minimum absolute atomic E-state index is 0.112. The van der Waals surface area contributed by atoms with E-state index in [-0.39, 0.29) is 43.5 Å². The number of carbonyl (C=O) groups is 1. The van der Waals surface area contributed by atoms with Crippen LogP contribution < -0.4 is 9.47 Å². The highest BCUT2D eigenvalue weighted by Gasteiger charge is 2.65. The maximum atomic E-state index is 14.0. The minimum atomic E-state index is -1.30. The molecular weight excluding hydrogens is 709 g/mol. The average molecular weight is 781 g/mol. The van der Waals surface area contributed by atoms with Crippen LogP contribution in [0.2, 0.25) is 0 Å². The molecule has 1 aromatic rings. The van der Waals surface area contributed by atoms with Crippen LogP contribution in [0.25, 0.3) is 0 Å². The van der Waals surface area contributed by atoms with E-state index in [2.05, 4.69) is 32.2 Å². The van der Waals surface area contributed by atoms with E-state index in [1.54, 1.807) is 24.1 Å². The Balaban J connectivity index is 1.72. The molecule has 1 saturated carbocycles. The maximum Gasteiger partial charge on any atom is 0.409 e. The number of allylic oxidation sites excluding steroid dienone is 1. The summed E-state index contributed by atoms with van der Waals surface area (Å²) in [5, 5.41) is 24.3. The summed E-state index contributed by atoms with van der Waals surface area (Å²) >= 11 is 0. The van der Waals surface area contributed by atoms with E-state index in [4.69, 9.17) is 28.9 Å². The molecule has 314 valence electrons. The van der Waals surface area contributed by atoms with Crippen molar-refractivity contribution in [2.24, 2.45) is 22.9 Å². The number of fused-ring (bicyclic) bond motifs is 2. The predicted molar refractivity (Wildman–Crippen MR) is 223 cm³/mol. The zero-order chi connectivity index (χ0) is 40.2. The van der Waals surface area contributed by atoms with Crippen molar-refractivity contribution in [1.29, 1.82) is 0 Å². The molecule has 0 bridgehead atoms. The Hall–Kier alpha value is -3.34. The first kappa shape index (κ1) is 45.4. The number of oxime groups is 1. The first-order chi connectivity index (χ1) is 27.4. The highest BCUT2D eigenvalue weighted by atomic mass is 16.7. The largest absolute Gasteiger partial charge is 0.490 e. The van der Waals surface area contributed by atoms with Crippen LogP contribution in [0, 0.1) is 17.8 Å². The molecule has 1 aromatic carbocycles. The van der Waals surface area contributed by atoms with Gasteiger partial charge in [-0.05, 0) is 74.6 Å². The van der Waals surface area contributed by atoms with Gasteiger partial charge in [-0.1, -0.05) is 108 Å². The molecular formula is C46H72N2O8. The number of unbranched alkanes of at least 4 members (excludes halogenated alkanes) is 11. The van der Waals surface area contributed by atoms with Gasteiger partial charge in [-0.2, -0.15) is 0 Å². The van der Waals surface area contributed by atoms with Gasteiger partial charge >= 0.3 is 6.09 Å². The van der Waals surface area contributed by atoms with Crippen molar-refractivity contribution in [3.05, 3.63) is 60.7 Å². The van der Waals surface area contributed by atoms with Gasteiger partial charge in [0.15, 0.2) is 0 Å². The topological polar surface area (TPSA) is 119 Å². The Kier molecular flexibility index (Phi) is 19.8. The van der Waals surface area contributed by atoms with Crippen LogP contribution in [0.4, 0.5) is 4.79 Å². The van der Waals surface area contributed by atoms with E-state index < -0.39 is 17.9 Å². The van der Waals surface area contributed by atoms with Crippen molar-refractivity contribution >= 4 is 11.8 Å². The summed E-state index contributed by atoms with van der Waals surface area (Å²) < 4.78 is 26.1. The Labute approximate surface area is 337 Å². The average Bonchev–Trinajstić information content (AvgIpc) is 3.21. The lowest BCUT2D eigenvalue weighted by Crippen LogP contribution is -2.69. The Morgan fingerprint density at radius 3 is 2.27 bits per heavy atom. The van der Waals surface area contributed by atoms with Gasteiger partial charge in [0.05, 0.1) is 24.8 Å². The molecule has 56 heavy (non-hydrogen) atoms. The number of benzene rings is 1. The van der Waals surface area contributed by atoms with E-state index in [1.807, 2.05) is 19.1 Å². The van der Waals surface area contributed by atoms with Crippen LogP contribution in [0.1, 0.15) is 134 Å². The number of hydrogen-bond acceptors (Lipinski definition) is 9. The summed E-state index contributed by atoms with van der Waals surface area (Å²) in [5.74, 6) is -0.0820. The highest BCUT2D eigenvalue weighted by Crippen LogP contribution is 2.61. The number of rotatable bonds is 28. The molecule has 3 aliphatic rings. The fraction of sp³-hybridized carbons (Fsp3) is 0.696. The number of aliphatic hydroxyl groups excluding tert-OH is 2. The smallest absolute Gasteiger partial charge is 0.409 e. The van der Waals surface area contributed by atoms with Crippen LogP contribution in [0.15, 0.2) is 60.3 Å². The van der Waals surface area contributed by atoms with E-state index in [9.17, 15) is 15.0 Å². The van der Waals surface area contributed by atoms with Crippen molar-refractivity contribution in [2.45, 2.75) is 141 Å². The Bertz CT molecular complexity index is 1410. The fourth-order valence-electron chi connectivity index (χ4n) is 9.09. The lowest BCUT2D eigenvalue weighted by Gasteiger charge is -2.59. The van der Waals surface area contributed by atoms with Gasteiger partial charge in [-0.3, -0.25) is 0 Å². The quantitative estimate of drug-likeness (QED) is 0.0490. The van der Waals surface area contributed by atoms with Crippen LogP contribution in [-0.4, -0.2) is 85.4 Å².